The predicted octanol–water partition coefficient (Wildman–Crippen LogP) is 4.26. The fourth-order valence-corrected chi connectivity index (χ4v) is 5.82. The molecule has 2 amide bonds. The van der Waals surface area contributed by atoms with E-state index < -0.39 is 17.5 Å². The first kappa shape index (κ1) is 23.4. The maximum absolute atomic E-state index is 12.7. The van der Waals surface area contributed by atoms with Gasteiger partial charge in [-0.15, -0.1) is 0 Å². The Morgan fingerprint density at radius 3 is 2.23 bits per heavy atom. The topological polar surface area (TPSA) is 95.9 Å². The fourth-order valence-electron chi connectivity index (χ4n) is 5.82. The summed E-state index contributed by atoms with van der Waals surface area (Å²) < 4.78 is 5.62. The van der Waals surface area contributed by atoms with Crippen LogP contribution in [0.5, 0.6) is 0 Å². The minimum absolute atomic E-state index is 0.00485. The Balaban J connectivity index is 1.08. The van der Waals surface area contributed by atoms with Crippen LogP contribution in [-0.2, 0) is 14.3 Å². The largest absolute Gasteiger partial charge is 0.481 e. The van der Waals surface area contributed by atoms with Crippen LogP contribution in [0.25, 0.3) is 11.1 Å². The zero-order chi connectivity index (χ0) is 24.7. The molecule has 0 spiro atoms. The Morgan fingerprint density at radius 2 is 1.66 bits per heavy atom. The van der Waals surface area contributed by atoms with E-state index in [2.05, 4.69) is 29.6 Å². The number of alkyl carbamates (subject to hydrolysis) is 1. The summed E-state index contributed by atoms with van der Waals surface area (Å²) in [4.78, 5) is 38.5. The lowest BCUT2D eigenvalue weighted by Crippen LogP contribution is -2.46. The van der Waals surface area contributed by atoms with Crippen LogP contribution in [0.2, 0.25) is 0 Å². The molecule has 1 heterocycles. The zero-order valence-corrected chi connectivity index (χ0v) is 20.2. The summed E-state index contributed by atoms with van der Waals surface area (Å²) in [5.74, 6) is -0.691. The third-order valence-electron chi connectivity index (χ3n) is 8.31. The Labute approximate surface area is 205 Å². The van der Waals surface area contributed by atoms with E-state index in [4.69, 9.17) is 4.74 Å². The van der Waals surface area contributed by atoms with E-state index in [9.17, 15) is 19.5 Å². The molecule has 1 aliphatic heterocycles. The summed E-state index contributed by atoms with van der Waals surface area (Å²) in [6.45, 7) is 4.63. The number of rotatable bonds is 6. The van der Waals surface area contributed by atoms with Crippen LogP contribution >= 0.6 is 0 Å². The van der Waals surface area contributed by atoms with E-state index in [1.165, 1.54) is 22.3 Å². The van der Waals surface area contributed by atoms with E-state index in [1.54, 1.807) is 11.8 Å². The van der Waals surface area contributed by atoms with Crippen LogP contribution in [0.4, 0.5) is 4.79 Å². The van der Waals surface area contributed by atoms with Crippen molar-refractivity contribution in [3.8, 4) is 11.1 Å². The first-order chi connectivity index (χ1) is 16.8. The molecule has 5 rings (SSSR count). The minimum atomic E-state index is -0.885. The van der Waals surface area contributed by atoms with Gasteiger partial charge in [0.1, 0.15) is 6.61 Å². The normalized spacial score (nSPS) is 27.0. The molecule has 2 aliphatic carbocycles. The minimum Gasteiger partial charge on any atom is -0.481 e. The summed E-state index contributed by atoms with van der Waals surface area (Å²) in [7, 11) is 0. The van der Waals surface area contributed by atoms with Gasteiger partial charge < -0.3 is 20.1 Å². The van der Waals surface area contributed by atoms with Gasteiger partial charge in [0, 0.05) is 31.5 Å². The molecule has 7 heteroatoms. The van der Waals surface area contributed by atoms with Gasteiger partial charge in [0.15, 0.2) is 0 Å². The van der Waals surface area contributed by atoms with Crippen LogP contribution in [0, 0.1) is 17.3 Å². The molecule has 2 fully saturated rings. The second kappa shape index (κ2) is 9.02. The summed E-state index contributed by atoms with van der Waals surface area (Å²) >= 11 is 0. The van der Waals surface area contributed by atoms with Gasteiger partial charge in [0.2, 0.25) is 5.91 Å². The van der Waals surface area contributed by atoms with E-state index in [-0.39, 0.29) is 42.9 Å². The maximum atomic E-state index is 12.7. The Kier molecular flexibility index (Phi) is 6.03. The number of carboxylic acid groups (broad SMARTS) is 1. The van der Waals surface area contributed by atoms with Crippen molar-refractivity contribution >= 4 is 18.0 Å². The molecule has 2 aromatic carbocycles. The van der Waals surface area contributed by atoms with Crippen molar-refractivity contribution in [1.82, 2.24) is 10.2 Å². The lowest BCUT2D eigenvalue weighted by Gasteiger charge is -2.36. The van der Waals surface area contributed by atoms with E-state index in [0.717, 1.165) is 12.8 Å². The highest BCUT2D eigenvalue weighted by Crippen LogP contribution is 2.44. The SMILES string of the molecule is C[C@@H]1CN(C(=O)CC2CC(NC(=O)OCC3c4ccccc4-c4ccccc43)C2)C[C@@]1(C)C(=O)O. The van der Waals surface area contributed by atoms with Crippen molar-refractivity contribution in [2.24, 2.45) is 17.3 Å². The third-order valence-corrected chi connectivity index (χ3v) is 8.31. The molecule has 0 aromatic heterocycles. The van der Waals surface area contributed by atoms with Crippen LogP contribution in [0.3, 0.4) is 0 Å². The van der Waals surface area contributed by atoms with Crippen molar-refractivity contribution < 1.29 is 24.2 Å². The molecule has 3 aliphatic rings. The van der Waals surface area contributed by atoms with Crippen LogP contribution < -0.4 is 5.32 Å². The number of fused-ring (bicyclic) bond motifs is 3. The molecule has 2 N–H and O–H groups in total. The molecule has 184 valence electrons. The number of carbonyl (C=O) groups excluding carboxylic acids is 2. The molecule has 1 saturated carbocycles. The molecular weight excluding hydrogens is 444 g/mol. The average molecular weight is 477 g/mol. The molecule has 1 saturated heterocycles. The lowest BCUT2D eigenvalue weighted by atomic mass is 9.78. The van der Waals surface area contributed by atoms with E-state index in [1.807, 2.05) is 31.2 Å². The number of aliphatic carboxylic acids is 1. The van der Waals surface area contributed by atoms with E-state index >= 15 is 0 Å². The highest BCUT2D eigenvalue weighted by atomic mass is 16.5. The van der Waals surface area contributed by atoms with Crippen molar-refractivity contribution in [2.75, 3.05) is 19.7 Å². The number of hydrogen-bond acceptors (Lipinski definition) is 4. The standard InChI is InChI=1S/C28H32N2O5/c1-17-14-30(16-28(17,2)26(32)33)25(31)13-18-11-19(12-18)29-27(34)35-15-24-22-9-5-3-7-20(22)21-8-4-6-10-23(21)24/h3-10,17-19,24H,11-16H2,1-2H3,(H,29,34)(H,32,33)/t17-,18?,19?,28-/m1/s1. The number of carboxylic acids is 1. The molecule has 2 aromatic rings. The lowest BCUT2D eigenvalue weighted by molar-refractivity contribution is -0.149. The van der Waals surface area contributed by atoms with Crippen LogP contribution in [0.1, 0.15) is 50.2 Å². The smallest absolute Gasteiger partial charge is 0.407 e. The van der Waals surface area contributed by atoms with Gasteiger partial charge in [-0.1, -0.05) is 55.5 Å². The number of carbonyl (C=O) groups is 3. The highest BCUT2D eigenvalue weighted by Gasteiger charge is 2.48. The Bertz CT molecular complexity index is 1110. The van der Waals surface area contributed by atoms with Gasteiger partial charge in [-0.25, -0.2) is 4.79 Å². The average Bonchev–Trinajstić information content (AvgIpc) is 3.31. The monoisotopic (exact) mass is 476 g/mol. The molecular formula is C28H32N2O5. The van der Waals surface area contributed by atoms with Gasteiger partial charge in [0.25, 0.3) is 0 Å². The second-order valence-electron chi connectivity index (χ2n) is 10.6. The predicted molar refractivity (Wildman–Crippen MR) is 131 cm³/mol. The number of likely N-dealkylation sites (tertiary alicyclic amines) is 1. The number of amides is 2. The quantitative estimate of drug-likeness (QED) is 0.649. The van der Waals surface area contributed by atoms with Crippen molar-refractivity contribution in [1.29, 1.82) is 0 Å². The highest BCUT2D eigenvalue weighted by molar-refractivity contribution is 5.81. The van der Waals surface area contributed by atoms with Crippen molar-refractivity contribution in [3.63, 3.8) is 0 Å². The van der Waals surface area contributed by atoms with Gasteiger partial charge in [-0.2, -0.15) is 0 Å². The molecule has 0 bridgehead atoms. The van der Waals surface area contributed by atoms with Gasteiger partial charge >= 0.3 is 12.1 Å². The molecule has 0 radical (unpaired) electrons. The van der Waals surface area contributed by atoms with Gasteiger partial charge in [0.05, 0.1) is 5.41 Å². The second-order valence-corrected chi connectivity index (χ2v) is 10.6. The molecule has 35 heavy (non-hydrogen) atoms. The Hall–Kier alpha value is -3.35. The van der Waals surface area contributed by atoms with Crippen LogP contribution in [-0.4, -0.2) is 53.7 Å². The van der Waals surface area contributed by atoms with Crippen molar-refractivity contribution in [2.45, 2.75) is 45.1 Å². The number of nitrogens with one attached hydrogen (secondary N) is 1. The number of nitrogens with zero attached hydrogens (tertiary/aromatic N) is 1. The van der Waals surface area contributed by atoms with Gasteiger partial charge in [-0.3, -0.25) is 9.59 Å². The molecule has 2 atom stereocenters. The van der Waals surface area contributed by atoms with Gasteiger partial charge in [-0.05, 0) is 53.9 Å². The fraction of sp³-hybridized carbons (Fsp3) is 0.464. The molecule has 7 nitrogen and oxygen atoms in total. The van der Waals surface area contributed by atoms with Crippen molar-refractivity contribution in [3.05, 3.63) is 59.7 Å². The van der Waals surface area contributed by atoms with E-state index in [0.29, 0.717) is 13.0 Å². The summed E-state index contributed by atoms with van der Waals surface area (Å²) in [6.07, 6.45) is 1.43. The third kappa shape index (κ3) is 4.28. The zero-order valence-electron chi connectivity index (χ0n) is 20.2. The number of hydrogen-bond donors (Lipinski definition) is 2. The first-order valence-corrected chi connectivity index (χ1v) is 12.4. The summed E-state index contributed by atoms with van der Waals surface area (Å²) in [5.41, 5.74) is 3.86. The number of benzene rings is 2. The first-order valence-electron chi connectivity index (χ1n) is 12.4. The molecule has 0 unspecified atom stereocenters. The Morgan fingerprint density at radius 1 is 1.06 bits per heavy atom. The number of ether oxygens (including phenoxy) is 1. The summed E-state index contributed by atoms with van der Waals surface area (Å²) in [5, 5.41) is 12.5. The summed E-state index contributed by atoms with van der Waals surface area (Å²) in [6, 6.07) is 16.5. The maximum Gasteiger partial charge on any atom is 0.407 e. The van der Waals surface area contributed by atoms with Crippen LogP contribution in [0.15, 0.2) is 48.5 Å².